The lowest BCUT2D eigenvalue weighted by Crippen LogP contribution is -2.54. The lowest BCUT2D eigenvalue weighted by Gasteiger charge is -2.36. The van der Waals surface area contributed by atoms with Crippen LogP contribution in [0.15, 0.2) is 16.5 Å². The summed E-state index contributed by atoms with van der Waals surface area (Å²) in [6.45, 7) is 3.89. The number of nitrogens with zero attached hydrogens (tertiary/aromatic N) is 2. The van der Waals surface area contributed by atoms with Crippen molar-refractivity contribution in [3.05, 3.63) is 23.7 Å². The van der Waals surface area contributed by atoms with E-state index in [1.807, 2.05) is 26.0 Å². The van der Waals surface area contributed by atoms with Crippen LogP contribution in [0.2, 0.25) is 0 Å². The molecule has 2 fully saturated rings. The van der Waals surface area contributed by atoms with Gasteiger partial charge in [0, 0.05) is 7.05 Å². The van der Waals surface area contributed by atoms with Crippen LogP contribution in [-0.4, -0.2) is 46.8 Å². The fourth-order valence-corrected chi connectivity index (χ4v) is 3.79. The molecule has 1 spiro atoms. The number of furan rings is 1. The van der Waals surface area contributed by atoms with Gasteiger partial charge >= 0.3 is 6.03 Å². The summed E-state index contributed by atoms with van der Waals surface area (Å²) in [5.41, 5.74) is -0.827. The maximum atomic E-state index is 12.9. The number of urea groups is 1. The third kappa shape index (κ3) is 3.15. The summed E-state index contributed by atoms with van der Waals surface area (Å²) in [6.07, 6.45) is 3.53. The van der Waals surface area contributed by atoms with Crippen molar-refractivity contribution in [3.63, 3.8) is 0 Å². The molecule has 7 nitrogen and oxygen atoms in total. The van der Waals surface area contributed by atoms with Gasteiger partial charge in [-0.2, -0.15) is 0 Å². The van der Waals surface area contributed by atoms with Crippen molar-refractivity contribution < 1.29 is 18.8 Å². The Labute approximate surface area is 147 Å². The van der Waals surface area contributed by atoms with E-state index in [0.717, 1.165) is 29.9 Å². The van der Waals surface area contributed by atoms with Crippen LogP contribution < -0.4 is 5.32 Å². The second-order valence-corrected chi connectivity index (χ2v) is 7.20. The first-order valence-electron chi connectivity index (χ1n) is 8.77. The van der Waals surface area contributed by atoms with Gasteiger partial charge in [0.05, 0.1) is 6.54 Å². The fourth-order valence-electron chi connectivity index (χ4n) is 3.79. The van der Waals surface area contributed by atoms with Gasteiger partial charge < -0.3 is 14.6 Å². The molecule has 7 heteroatoms. The van der Waals surface area contributed by atoms with Crippen LogP contribution in [0.3, 0.4) is 0 Å². The highest BCUT2D eigenvalue weighted by molar-refractivity contribution is 6.09. The fraction of sp³-hybridized carbons (Fsp3) is 0.611. The molecular formula is C18H25N3O4. The van der Waals surface area contributed by atoms with E-state index in [-0.39, 0.29) is 24.3 Å². The molecule has 136 valence electrons. The zero-order chi connectivity index (χ0) is 18.2. The predicted molar refractivity (Wildman–Crippen MR) is 90.5 cm³/mol. The van der Waals surface area contributed by atoms with Crippen LogP contribution >= 0.6 is 0 Å². The molecule has 0 unspecified atom stereocenters. The van der Waals surface area contributed by atoms with Gasteiger partial charge in [-0.3, -0.25) is 14.5 Å². The number of carbonyl (C=O) groups excluding carboxylic acids is 3. The van der Waals surface area contributed by atoms with Crippen LogP contribution in [0, 0.1) is 12.8 Å². The van der Waals surface area contributed by atoms with E-state index >= 15 is 0 Å². The van der Waals surface area contributed by atoms with E-state index < -0.39 is 11.6 Å². The number of carbonyl (C=O) groups is 3. The molecule has 1 aromatic heterocycles. The third-order valence-electron chi connectivity index (χ3n) is 5.41. The Hall–Kier alpha value is -2.31. The molecule has 2 atom stereocenters. The summed E-state index contributed by atoms with van der Waals surface area (Å²) < 4.78 is 5.47. The summed E-state index contributed by atoms with van der Waals surface area (Å²) in [6, 6.07) is 3.18. The summed E-state index contributed by atoms with van der Waals surface area (Å²) in [5.74, 6) is 0.973. The number of nitrogens with one attached hydrogen (secondary N) is 1. The molecular weight excluding hydrogens is 322 g/mol. The van der Waals surface area contributed by atoms with Crippen LogP contribution in [-0.2, 0) is 16.1 Å². The van der Waals surface area contributed by atoms with Gasteiger partial charge in [0.1, 0.15) is 23.6 Å². The molecule has 1 saturated heterocycles. The molecule has 2 aliphatic rings. The zero-order valence-electron chi connectivity index (χ0n) is 15.0. The molecule has 0 bridgehead atoms. The largest absolute Gasteiger partial charge is 0.464 e. The number of rotatable bonds is 4. The Bertz CT molecular complexity index is 698. The minimum absolute atomic E-state index is 0.0848. The Morgan fingerprint density at radius 2 is 2.16 bits per heavy atom. The van der Waals surface area contributed by atoms with E-state index in [2.05, 4.69) is 5.32 Å². The van der Waals surface area contributed by atoms with Crippen molar-refractivity contribution in [1.82, 2.24) is 15.1 Å². The van der Waals surface area contributed by atoms with Crippen molar-refractivity contribution in [3.8, 4) is 0 Å². The first-order valence-corrected chi connectivity index (χ1v) is 8.77. The Kier molecular flexibility index (Phi) is 4.58. The summed E-state index contributed by atoms with van der Waals surface area (Å²) in [7, 11) is 1.64. The maximum absolute atomic E-state index is 12.9. The normalized spacial score (nSPS) is 26.2. The van der Waals surface area contributed by atoms with Crippen LogP contribution in [0.25, 0.3) is 0 Å². The molecule has 0 aromatic carbocycles. The highest BCUT2D eigenvalue weighted by atomic mass is 16.3. The van der Waals surface area contributed by atoms with Crippen molar-refractivity contribution in [1.29, 1.82) is 0 Å². The number of hydrogen-bond donors (Lipinski definition) is 1. The van der Waals surface area contributed by atoms with Gasteiger partial charge in [0.25, 0.3) is 5.91 Å². The minimum atomic E-state index is -0.827. The number of hydrogen-bond acceptors (Lipinski definition) is 4. The van der Waals surface area contributed by atoms with Crippen LogP contribution in [0.4, 0.5) is 4.79 Å². The molecule has 25 heavy (non-hydrogen) atoms. The standard InChI is InChI=1S/C18H25N3O4/c1-12-6-4-5-9-18(12)16(23)21(17(24)19-18)11-15(22)20(3)10-14-8-7-13(2)25-14/h7-8,12H,4-6,9-11H2,1-3H3,(H,19,24)/t12-,18+/m0/s1. The summed E-state index contributed by atoms with van der Waals surface area (Å²) in [5, 5.41) is 2.86. The summed E-state index contributed by atoms with van der Waals surface area (Å²) in [4.78, 5) is 40.2. The molecule has 1 aromatic rings. The van der Waals surface area contributed by atoms with Crippen LogP contribution in [0.5, 0.6) is 0 Å². The molecule has 1 aliphatic carbocycles. The van der Waals surface area contributed by atoms with Gasteiger partial charge in [0.2, 0.25) is 5.91 Å². The molecule has 1 aliphatic heterocycles. The Morgan fingerprint density at radius 3 is 2.80 bits per heavy atom. The van der Waals surface area contributed by atoms with E-state index in [4.69, 9.17) is 4.42 Å². The smallest absolute Gasteiger partial charge is 0.325 e. The predicted octanol–water partition coefficient (Wildman–Crippen LogP) is 2.05. The van der Waals surface area contributed by atoms with Gasteiger partial charge in [-0.1, -0.05) is 19.8 Å². The van der Waals surface area contributed by atoms with Gasteiger partial charge in [-0.15, -0.1) is 0 Å². The van der Waals surface area contributed by atoms with Crippen LogP contribution in [0.1, 0.15) is 44.1 Å². The first-order chi connectivity index (χ1) is 11.8. The van der Waals surface area contributed by atoms with E-state index in [9.17, 15) is 14.4 Å². The quantitative estimate of drug-likeness (QED) is 0.845. The second kappa shape index (κ2) is 6.54. The summed E-state index contributed by atoms with van der Waals surface area (Å²) >= 11 is 0. The number of likely N-dealkylation sites (N-methyl/N-ethyl adjacent to an activating group) is 1. The molecule has 4 amide bonds. The molecule has 0 radical (unpaired) electrons. The van der Waals surface area contributed by atoms with Crippen molar-refractivity contribution in [2.45, 2.75) is 51.6 Å². The van der Waals surface area contributed by atoms with Crippen molar-refractivity contribution >= 4 is 17.8 Å². The Morgan fingerprint density at radius 1 is 1.40 bits per heavy atom. The highest BCUT2D eigenvalue weighted by Gasteiger charge is 2.55. The number of imide groups is 1. The van der Waals surface area contributed by atoms with Crippen molar-refractivity contribution in [2.75, 3.05) is 13.6 Å². The lowest BCUT2D eigenvalue weighted by atomic mass is 9.73. The third-order valence-corrected chi connectivity index (χ3v) is 5.41. The van der Waals surface area contributed by atoms with Gasteiger partial charge in [0.15, 0.2) is 0 Å². The molecule has 1 saturated carbocycles. The van der Waals surface area contributed by atoms with E-state index in [0.29, 0.717) is 18.7 Å². The molecule has 3 rings (SSSR count). The average molecular weight is 347 g/mol. The van der Waals surface area contributed by atoms with Gasteiger partial charge in [-0.25, -0.2) is 4.79 Å². The maximum Gasteiger partial charge on any atom is 0.325 e. The minimum Gasteiger partial charge on any atom is -0.464 e. The topological polar surface area (TPSA) is 82.9 Å². The average Bonchev–Trinajstić information content (AvgIpc) is 3.07. The van der Waals surface area contributed by atoms with Crippen molar-refractivity contribution in [2.24, 2.45) is 5.92 Å². The number of aryl methyl sites for hydroxylation is 1. The zero-order valence-corrected chi connectivity index (χ0v) is 15.0. The second-order valence-electron chi connectivity index (χ2n) is 7.20. The molecule has 1 N–H and O–H groups in total. The monoisotopic (exact) mass is 347 g/mol. The molecule has 2 heterocycles. The Balaban J connectivity index is 1.66. The first kappa shape index (κ1) is 17.5. The van der Waals surface area contributed by atoms with E-state index in [1.165, 1.54) is 4.90 Å². The highest BCUT2D eigenvalue weighted by Crippen LogP contribution is 2.38. The SMILES string of the molecule is Cc1ccc(CN(C)C(=O)CN2C(=O)N[C@@]3(CCCC[C@@H]3C)C2=O)o1. The van der Waals surface area contributed by atoms with E-state index in [1.54, 1.807) is 7.05 Å². The van der Waals surface area contributed by atoms with Gasteiger partial charge in [-0.05, 0) is 37.8 Å². The number of amides is 4. The lowest BCUT2D eigenvalue weighted by molar-refractivity contribution is -0.140.